The molecule has 0 saturated carbocycles. The van der Waals surface area contributed by atoms with Crippen LogP contribution in [0.1, 0.15) is 17.3 Å². The largest absolute Gasteiger partial charge is 0.305 e. The molecule has 0 N–H and O–H groups in total. The minimum Gasteiger partial charge on any atom is -0.305 e. The van der Waals surface area contributed by atoms with Crippen LogP contribution in [0.2, 0.25) is 5.02 Å². The lowest BCUT2D eigenvalue weighted by Gasteiger charge is -2.10. The van der Waals surface area contributed by atoms with Gasteiger partial charge >= 0.3 is 0 Å². The highest BCUT2D eigenvalue weighted by Gasteiger charge is 2.20. The molecule has 1 aromatic heterocycles. The molecule has 128 valence electrons. The second kappa shape index (κ2) is 7.72. The molecule has 3 rings (SSSR count). The van der Waals surface area contributed by atoms with Gasteiger partial charge in [0.2, 0.25) is 0 Å². The lowest BCUT2D eigenvalue weighted by atomic mass is 10.1. The van der Waals surface area contributed by atoms with Crippen molar-refractivity contribution in [3.05, 3.63) is 63.6 Å². The van der Waals surface area contributed by atoms with E-state index in [-0.39, 0.29) is 11.0 Å². The van der Waals surface area contributed by atoms with Gasteiger partial charge in [-0.25, -0.2) is 0 Å². The number of Topliss-reactive ketones (excluding diaryl/α,β-unsaturated/α-hetero) is 1. The third-order valence-electron chi connectivity index (χ3n) is 3.72. The van der Waals surface area contributed by atoms with Crippen molar-refractivity contribution < 1.29 is 4.79 Å². The summed E-state index contributed by atoms with van der Waals surface area (Å²) in [5.74, 6) is 0.802. The smallest absolute Gasteiger partial charge is 0.191 e. The van der Waals surface area contributed by atoms with Gasteiger partial charge in [0.05, 0.1) is 5.25 Å². The first-order chi connectivity index (χ1) is 12.0. The fourth-order valence-corrected chi connectivity index (χ4v) is 3.61. The molecule has 1 atom stereocenters. The Morgan fingerprint density at radius 2 is 1.76 bits per heavy atom. The van der Waals surface area contributed by atoms with Gasteiger partial charge in [0.1, 0.15) is 0 Å². The number of carbonyl (C=O) groups is 1. The quantitative estimate of drug-likeness (QED) is 0.404. The molecule has 1 unspecified atom stereocenters. The maximum atomic E-state index is 12.6. The van der Waals surface area contributed by atoms with Crippen molar-refractivity contribution in [1.29, 1.82) is 0 Å². The Morgan fingerprint density at radius 3 is 2.40 bits per heavy atom. The second-order valence-electron chi connectivity index (χ2n) is 5.50. The molecule has 0 saturated heterocycles. The highest BCUT2D eigenvalue weighted by molar-refractivity contribution is 9.10. The van der Waals surface area contributed by atoms with E-state index in [1.165, 1.54) is 11.8 Å². The Hall–Kier alpha value is -1.63. The minimum atomic E-state index is -0.262. The summed E-state index contributed by atoms with van der Waals surface area (Å²) < 4.78 is 2.84. The topological polar surface area (TPSA) is 47.8 Å². The lowest BCUT2D eigenvalue weighted by Crippen LogP contribution is -2.14. The van der Waals surface area contributed by atoms with Crippen molar-refractivity contribution in [3.63, 3.8) is 0 Å². The van der Waals surface area contributed by atoms with Crippen molar-refractivity contribution >= 4 is 45.1 Å². The van der Waals surface area contributed by atoms with E-state index in [0.29, 0.717) is 15.7 Å². The number of benzene rings is 2. The first-order valence-corrected chi connectivity index (χ1v) is 9.62. The van der Waals surface area contributed by atoms with E-state index < -0.39 is 0 Å². The van der Waals surface area contributed by atoms with Crippen molar-refractivity contribution in [1.82, 2.24) is 14.8 Å². The maximum absolute atomic E-state index is 12.6. The van der Waals surface area contributed by atoms with Gasteiger partial charge in [0, 0.05) is 27.7 Å². The van der Waals surface area contributed by atoms with E-state index in [2.05, 4.69) is 26.1 Å². The number of ketones is 1. The van der Waals surface area contributed by atoms with Crippen LogP contribution in [0.25, 0.3) is 11.4 Å². The van der Waals surface area contributed by atoms with Crippen molar-refractivity contribution in [2.24, 2.45) is 7.05 Å². The number of thioether (sulfide) groups is 1. The highest BCUT2D eigenvalue weighted by atomic mass is 79.9. The third-order valence-corrected chi connectivity index (χ3v) is 5.63. The van der Waals surface area contributed by atoms with Crippen LogP contribution in [-0.4, -0.2) is 25.8 Å². The molecule has 0 aliphatic rings. The predicted molar refractivity (Wildman–Crippen MR) is 105 cm³/mol. The molecular formula is C18H15BrClN3OS. The molecule has 0 aliphatic heterocycles. The summed E-state index contributed by atoms with van der Waals surface area (Å²) in [7, 11) is 1.89. The van der Waals surface area contributed by atoms with Gasteiger partial charge in [0.15, 0.2) is 16.8 Å². The second-order valence-corrected chi connectivity index (χ2v) is 8.16. The average Bonchev–Trinajstić information content (AvgIpc) is 2.96. The third kappa shape index (κ3) is 4.14. The van der Waals surface area contributed by atoms with Gasteiger partial charge in [-0.3, -0.25) is 4.79 Å². The van der Waals surface area contributed by atoms with E-state index in [1.54, 1.807) is 0 Å². The Bertz CT molecular complexity index is 894. The summed E-state index contributed by atoms with van der Waals surface area (Å²) in [6, 6.07) is 14.8. The number of hydrogen-bond acceptors (Lipinski definition) is 4. The summed E-state index contributed by atoms with van der Waals surface area (Å²) in [6.45, 7) is 1.88. The first kappa shape index (κ1) is 18.2. The van der Waals surface area contributed by atoms with E-state index in [9.17, 15) is 4.79 Å². The van der Waals surface area contributed by atoms with Crippen molar-refractivity contribution in [3.8, 4) is 11.4 Å². The van der Waals surface area contributed by atoms with Gasteiger partial charge in [-0.2, -0.15) is 0 Å². The summed E-state index contributed by atoms with van der Waals surface area (Å²) >= 11 is 10.7. The number of carbonyl (C=O) groups excluding carboxylic acids is 1. The highest BCUT2D eigenvalue weighted by Crippen LogP contribution is 2.28. The number of nitrogens with zero attached hydrogens (tertiary/aromatic N) is 3. The van der Waals surface area contributed by atoms with Crippen molar-refractivity contribution in [2.45, 2.75) is 17.3 Å². The SMILES string of the molecule is CC(Sc1nnc(-c2ccc(Cl)cc2)n1C)C(=O)c1ccc(Br)cc1. The average molecular weight is 437 g/mol. The summed E-state index contributed by atoms with van der Waals surface area (Å²) in [5.41, 5.74) is 1.61. The molecule has 2 aromatic carbocycles. The molecule has 7 heteroatoms. The molecule has 0 aliphatic carbocycles. The van der Waals surface area contributed by atoms with Crippen LogP contribution < -0.4 is 0 Å². The molecule has 0 amide bonds. The van der Waals surface area contributed by atoms with Gasteiger partial charge in [0.25, 0.3) is 0 Å². The van der Waals surface area contributed by atoms with Crippen LogP contribution in [0, 0.1) is 0 Å². The minimum absolute atomic E-state index is 0.0635. The zero-order valence-electron chi connectivity index (χ0n) is 13.6. The molecule has 0 fully saturated rings. The monoisotopic (exact) mass is 435 g/mol. The number of rotatable bonds is 5. The van der Waals surface area contributed by atoms with Crippen LogP contribution in [0.3, 0.4) is 0 Å². The lowest BCUT2D eigenvalue weighted by molar-refractivity contribution is 0.0994. The fourth-order valence-electron chi connectivity index (χ4n) is 2.33. The van der Waals surface area contributed by atoms with Crippen molar-refractivity contribution in [2.75, 3.05) is 0 Å². The molecule has 0 radical (unpaired) electrons. The van der Waals surface area contributed by atoms with Crippen LogP contribution in [0.15, 0.2) is 58.2 Å². The molecule has 3 aromatic rings. The first-order valence-electron chi connectivity index (χ1n) is 7.57. The summed E-state index contributed by atoms with van der Waals surface area (Å²) in [6.07, 6.45) is 0. The van der Waals surface area contributed by atoms with E-state index in [4.69, 9.17) is 11.6 Å². The van der Waals surface area contributed by atoms with Crippen LogP contribution >= 0.6 is 39.3 Å². The normalized spacial score (nSPS) is 12.2. The van der Waals surface area contributed by atoms with E-state index in [1.807, 2.05) is 67.1 Å². The number of aromatic nitrogens is 3. The predicted octanol–water partition coefficient (Wildman–Crippen LogP) is 5.26. The van der Waals surface area contributed by atoms with Gasteiger partial charge in [-0.05, 0) is 43.3 Å². The number of halogens is 2. The Labute approximate surface area is 163 Å². The molecule has 0 spiro atoms. The van der Waals surface area contributed by atoms with E-state index in [0.717, 1.165) is 15.9 Å². The Morgan fingerprint density at radius 1 is 1.12 bits per heavy atom. The fraction of sp³-hybridized carbons (Fsp3) is 0.167. The molecular weight excluding hydrogens is 422 g/mol. The van der Waals surface area contributed by atoms with Crippen LogP contribution in [-0.2, 0) is 7.05 Å². The maximum Gasteiger partial charge on any atom is 0.191 e. The zero-order valence-corrected chi connectivity index (χ0v) is 16.8. The molecule has 25 heavy (non-hydrogen) atoms. The van der Waals surface area contributed by atoms with E-state index >= 15 is 0 Å². The molecule has 0 bridgehead atoms. The van der Waals surface area contributed by atoms with Crippen LogP contribution in [0.5, 0.6) is 0 Å². The molecule has 1 heterocycles. The summed E-state index contributed by atoms with van der Waals surface area (Å²) in [4.78, 5) is 12.6. The zero-order chi connectivity index (χ0) is 18.0. The van der Waals surface area contributed by atoms with Gasteiger partial charge in [-0.1, -0.05) is 51.4 Å². The Kier molecular flexibility index (Phi) is 5.61. The van der Waals surface area contributed by atoms with Crippen LogP contribution in [0.4, 0.5) is 0 Å². The Balaban J connectivity index is 1.78. The van der Waals surface area contributed by atoms with Gasteiger partial charge in [-0.15, -0.1) is 10.2 Å². The molecule has 4 nitrogen and oxygen atoms in total. The summed E-state index contributed by atoms with van der Waals surface area (Å²) in [5, 5.41) is 9.58. The number of hydrogen-bond donors (Lipinski definition) is 0. The standard InChI is InChI=1S/C18H15BrClN3OS/c1-11(16(24)12-3-7-14(19)8-4-12)25-18-22-21-17(23(18)2)13-5-9-15(20)10-6-13/h3-11H,1-2H3. The van der Waals surface area contributed by atoms with Gasteiger partial charge < -0.3 is 4.57 Å².